The maximum absolute atomic E-state index is 5.22. The Morgan fingerprint density at radius 2 is 2.29 bits per heavy atom. The maximum atomic E-state index is 5.22. The summed E-state index contributed by atoms with van der Waals surface area (Å²) < 4.78 is 5.22. The fraction of sp³-hybridized carbons (Fsp3) is 0.588. The van der Waals surface area contributed by atoms with Crippen LogP contribution in [0.15, 0.2) is 23.9 Å². The second-order valence-electron chi connectivity index (χ2n) is 5.62. The molecule has 116 valence electrons. The lowest BCUT2D eigenvalue weighted by molar-refractivity contribution is 0.222. The summed E-state index contributed by atoms with van der Waals surface area (Å²) in [6.07, 6.45) is 6.55. The van der Waals surface area contributed by atoms with E-state index in [2.05, 4.69) is 41.2 Å². The lowest BCUT2D eigenvalue weighted by atomic mass is 10.1. The van der Waals surface area contributed by atoms with Gasteiger partial charge in [0.05, 0.1) is 6.61 Å². The molecule has 0 spiro atoms. The van der Waals surface area contributed by atoms with E-state index in [0.717, 1.165) is 51.3 Å². The Balaban J connectivity index is 2.09. The van der Waals surface area contributed by atoms with Crippen LogP contribution >= 0.6 is 0 Å². The van der Waals surface area contributed by atoms with E-state index in [0.29, 0.717) is 0 Å². The van der Waals surface area contributed by atoms with Crippen molar-refractivity contribution in [3.05, 3.63) is 35.2 Å². The molecule has 4 nitrogen and oxygen atoms in total. The first kappa shape index (κ1) is 16.0. The number of rotatable bonds is 7. The number of aromatic nitrogens is 1. The number of hydrogen-bond acceptors (Lipinski definition) is 4. The second-order valence-corrected chi connectivity index (χ2v) is 5.62. The van der Waals surface area contributed by atoms with Crippen LogP contribution in [-0.2, 0) is 11.3 Å². The number of hydrogen-bond donors (Lipinski definition) is 1. The molecule has 1 aliphatic rings. The smallest absolute Gasteiger partial charge is 0.0674 e. The molecule has 2 rings (SSSR count). The Bertz CT molecular complexity index is 485. The van der Waals surface area contributed by atoms with Gasteiger partial charge in [0.25, 0.3) is 0 Å². The molecule has 0 bridgehead atoms. The van der Waals surface area contributed by atoms with Crippen molar-refractivity contribution in [1.29, 1.82) is 0 Å². The van der Waals surface area contributed by atoms with Crippen molar-refractivity contribution in [2.24, 2.45) is 0 Å². The Labute approximate surface area is 128 Å². The summed E-state index contributed by atoms with van der Waals surface area (Å²) in [7, 11) is 1.76. The molecule has 21 heavy (non-hydrogen) atoms. The summed E-state index contributed by atoms with van der Waals surface area (Å²) in [5.41, 5.74) is 5.09. The van der Waals surface area contributed by atoms with Gasteiger partial charge in [-0.3, -0.25) is 4.98 Å². The van der Waals surface area contributed by atoms with Gasteiger partial charge in [-0.1, -0.05) is 13.0 Å². The average molecular weight is 289 g/mol. The summed E-state index contributed by atoms with van der Waals surface area (Å²) in [5, 5.41) is 3.48. The van der Waals surface area contributed by atoms with Crippen molar-refractivity contribution in [3.63, 3.8) is 0 Å². The number of pyridine rings is 1. The van der Waals surface area contributed by atoms with Gasteiger partial charge in [-0.05, 0) is 37.9 Å². The molecule has 1 aromatic heterocycles. The minimum atomic E-state index is 0.758. The third-order valence-electron chi connectivity index (χ3n) is 3.81. The van der Waals surface area contributed by atoms with E-state index in [-0.39, 0.29) is 0 Å². The highest BCUT2D eigenvalue weighted by Crippen LogP contribution is 2.24. The largest absolute Gasteiger partial charge is 0.380 e. The molecule has 0 saturated heterocycles. The third kappa shape index (κ3) is 4.55. The van der Waals surface area contributed by atoms with Gasteiger partial charge >= 0.3 is 0 Å². The van der Waals surface area contributed by atoms with Gasteiger partial charge in [0.2, 0.25) is 0 Å². The van der Waals surface area contributed by atoms with Crippen LogP contribution < -0.4 is 10.2 Å². The highest BCUT2D eigenvalue weighted by atomic mass is 16.5. The van der Waals surface area contributed by atoms with Crippen LogP contribution in [-0.4, -0.2) is 38.3 Å². The predicted octanol–water partition coefficient (Wildman–Crippen LogP) is 2.67. The fourth-order valence-electron chi connectivity index (χ4n) is 2.65. The molecular formula is C17H27N3O. The fourth-order valence-corrected chi connectivity index (χ4v) is 2.65. The molecule has 0 aliphatic carbocycles. The summed E-state index contributed by atoms with van der Waals surface area (Å²) in [4.78, 5) is 6.90. The van der Waals surface area contributed by atoms with E-state index in [4.69, 9.17) is 4.74 Å². The Hall–Kier alpha value is -1.39. The predicted molar refractivity (Wildman–Crippen MR) is 87.8 cm³/mol. The molecule has 4 heteroatoms. The van der Waals surface area contributed by atoms with Crippen molar-refractivity contribution < 1.29 is 4.74 Å². The lowest BCUT2D eigenvalue weighted by Gasteiger charge is -2.30. The molecule has 0 fully saturated rings. The minimum Gasteiger partial charge on any atom is -0.380 e. The second kappa shape index (κ2) is 8.15. The third-order valence-corrected chi connectivity index (χ3v) is 3.81. The molecule has 0 radical (unpaired) electrons. The lowest BCUT2D eigenvalue weighted by Crippen LogP contribution is -2.31. The van der Waals surface area contributed by atoms with Crippen molar-refractivity contribution in [2.45, 2.75) is 33.2 Å². The minimum absolute atomic E-state index is 0.758. The number of nitrogens with one attached hydrogen (secondary N) is 1. The zero-order valence-electron chi connectivity index (χ0n) is 13.5. The van der Waals surface area contributed by atoms with Crippen LogP contribution in [0, 0.1) is 6.92 Å². The molecule has 0 unspecified atom stereocenters. The number of anilines is 1. The normalized spacial score (nSPS) is 15.2. The van der Waals surface area contributed by atoms with Crippen molar-refractivity contribution >= 4 is 5.69 Å². The monoisotopic (exact) mass is 289 g/mol. The van der Waals surface area contributed by atoms with Gasteiger partial charge in [-0.2, -0.15) is 0 Å². The van der Waals surface area contributed by atoms with Gasteiger partial charge in [-0.25, -0.2) is 0 Å². The van der Waals surface area contributed by atoms with Crippen LogP contribution in [0.3, 0.4) is 0 Å². The molecule has 1 N–H and O–H groups in total. The molecule has 2 heterocycles. The number of ether oxygens (including phenoxy) is 1. The highest BCUT2D eigenvalue weighted by Gasteiger charge is 2.15. The van der Waals surface area contributed by atoms with Gasteiger partial charge in [0, 0.05) is 49.9 Å². The van der Waals surface area contributed by atoms with Crippen molar-refractivity contribution in [3.8, 4) is 0 Å². The first-order chi connectivity index (χ1) is 10.2. The molecule has 1 aromatic rings. The Morgan fingerprint density at radius 3 is 2.95 bits per heavy atom. The van der Waals surface area contributed by atoms with E-state index in [1.807, 2.05) is 6.20 Å². The number of aryl methyl sites for hydroxylation is 1. The number of nitrogens with zero attached hydrogens (tertiary/aromatic N) is 2. The van der Waals surface area contributed by atoms with Gasteiger partial charge in [-0.15, -0.1) is 0 Å². The topological polar surface area (TPSA) is 37.4 Å². The first-order valence-corrected chi connectivity index (χ1v) is 7.82. The molecular weight excluding hydrogens is 262 g/mol. The van der Waals surface area contributed by atoms with E-state index in [1.54, 1.807) is 7.11 Å². The maximum Gasteiger partial charge on any atom is 0.0674 e. The molecule has 0 amide bonds. The van der Waals surface area contributed by atoms with E-state index in [1.165, 1.54) is 16.8 Å². The van der Waals surface area contributed by atoms with E-state index in [9.17, 15) is 0 Å². The number of methoxy groups -OCH3 is 1. The zero-order chi connectivity index (χ0) is 15.1. The van der Waals surface area contributed by atoms with Gasteiger partial charge in [0.15, 0.2) is 0 Å². The summed E-state index contributed by atoms with van der Waals surface area (Å²) in [6, 6.07) is 2.21. The molecule has 0 atom stereocenters. The highest BCUT2D eigenvalue weighted by molar-refractivity contribution is 5.55. The summed E-state index contributed by atoms with van der Waals surface area (Å²) in [5.74, 6) is 0. The first-order valence-electron chi connectivity index (χ1n) is 7.82. The van der Waals surface area contributed by atoms with Gasteiger partial charge in [0.1, 0.15) is 0 Å². The summed E-state index contributed by atoms with van der Waals surface area (Å²) in [6.45, 7) is 8.96. The molecule has 1 aliphatic heterocycles. The molecule has 0 saturated carbocycles. The SMILES string of the molecule is CCCNCc1cnc(C)cc1N1CC=C(COC)CC1. The van der Waals surface area contributed by atoms with Crippen LogP contribution in [0.2, 0.25) is 0 Å². The Kier molecular flexibility index (Phi) is 6.21. The Morgan fingerprint density at radius 1 is 1.43 bits per heavy atom. The van der Waals surface area contributed by atoms with Crippen LogP contribution in [0.5, 0.6) is 0 Å². The quantitative estimate of drug-likeness (QED) is 0.618. The van der Waals surface area contributed by atoms with Gasteiger partial charge < -0.3 is 15.0 Å². The van der Waals surface area contributed by atoms with Crippen molar-refractivity contribution in [1.82, 2.24) is 10.3 Å². The standard InChI is InChI=1S/C17H27N3O/c1-4-7-18-11-16-12-19-14(2)10-17(16)20-8-5-15(6-9-20)13-21-3/h5,10,12,18H,4,6-9,11,13H2,1-3H3. The van der Waals surface area contributed by atoms with E-state index >= 15 is 0 Å². The van der Waals surface area contributed by atoms with Crippen LogP contribution in [0.25, 0.3) is 0 Å². The van der Waals surface area contributed by atoms with Crippen molar-refractivity contribution in [2.75, 3.05) is 38.3 Å². The van der Waals surface area contributed by atoms with E-state index < -0.39 is 0 Å². The zero-order valence-corrected chi connectivity index (χ0v) is 13.5. The molecule has 0 aromatic carbocycles. The summed E-state index contributed by atoms with van der Waals surface area (Å²) >= 11 is 0. The average Bonchev–Trinajstić information content (AvgIpc) is 2.50. The van der Waals surface area contributed by atoms with Crippen LogP contribution in [0.1, 0.15) is 31.0 Å². The van der Waals surface area contributed by atoms with Crippen LogP contribution in [0.4, 0.5) is 5.69 Å².